The fourth-order valence-corrected chi connectivity index (χ4v) is 1.43. The SMILES string of the molecule is Cc1ccc(N)cc1C(=O)NCC(C)(C)N(C)C.Cl.Cl. The van der Waals surface area contributed by atoms with Crippen LogP contribution in [0.2, 0.25) is 0 Å². The zero-order chi connectivity index (χ0) is 13.9. The Bertz CT molecular complexity index is 448. The van der Waals surface area contributed by atoms with E-state index in [1.54, 1.807) is 12.1 Å². The summed E-state index contributed by atoms with van der Waals surface area (Å²) in [5.41, 5.74) is 7.81. The largest absolute Gasteiger partial charge is 0.399 e. The number of nitrogens with two attached hydrogens (primary N) is 1. The number of carbonyl (C=O) groups is 1. The monoisotopic (exact) mass is 321 g/mol. The highest BCUT2D eigenvalue weighted by Gasteiger charge is 2.21. The Morgan fingerprint density at radius 2 is 1.85 bits per heavy atom. The first-order valence-corrected chi connectivity index (χ1v) is 6.06. The molecular formula is C14H25Cl2N3O. The van der Waals surface area contributed by atoms with Crippen molar-refractivity contribution < 1.29 is 4.79 Å². The number of rotatable bonds is 4. The number of likely N-dealkylation sites (N-methyl/N-ethyl adjacent to an activating group) is 1. The van der Waals surface area contributed by atoms with Gasteiger partial charge in [-0.05, 0) is 52.6 Å². The number of aryl methyl sites for hydroxylation is 1. The predicted octanol–water partition coefficient (Wildman–Crippen LogP) is 2.49. The standard InChI is InChI=1S/C14H23N3O.2ClH/c1-10-6-7-11(15)8-12(10)13(18)16-9-14(2,3)17(4)5;;/h6-8H,9,15H2,1-5H3,(H,16,18);2*1H. The molecule has 0 radical (unpaired) electrons. The summed E-state index contributed by atoms with van der Waals surface area (Å²) in [7, 11) is 4.00. The fraction of sp³-hybridized carbons (Fsp3) is 0.500. The van der Waals surface area contributed by atoms with E-state index in [9.17, 15) is 4.79 Å². The zero-order valence-electron chi connectivity index (χ0n) is 12.7. The lowest BCUT2D eigenvalue weighted by Crippen LogP contribution is -2.48. The summed E-state index contributed by atoms with van der Waals surface area (Å²) in [5.74, 6) is -0.0743. The molecule has 0 saturated carbocycles. The molecule has 1 amide bonds. The van der Waals surface area contributed by atoms with Crippen LogP contribution in [0.25, 0.3) is 0 Å². The topological polar surface area (TPSA) is 58.4 Å². The average Bonchev–Trinajstić information content (AvgIpc) is 2.29. The molecule has 6 heteroatoms. The van der Waals surface area contributed by atoms with Crippen molar-refractivity contribution >= 4 is 36.4 Å². The number of halogens is 2. The summed E-state index contributed by atoms with van der Waals surface area (Å²) >= 11 is 0. The molecule has 1 rings (SSSR count). The summed E-state index contributed by atoms with van der Waals surface area (Å²) in [6, 6.07) is 5.38. The van der Waals surface area contributed by atoms with Crippen LogP contribution < -0.4 is 11.1 Å². The van der Waals surface area contributed by atoms with Crippen LogP contribution in [0.1, 0.15) is 29.8 Å². The van der Waals surface area contributed by atoms with Crippen LogP contribution in [-0.2, 0) is 0 Å². The number of anilines is 1. The third-order valence-corrected chi connectivity index (χ3v) is 3.40. The van der Waals surface area contributed by atoms with E-state index in [2.05, 4.69) is 24.1 Å². The first-order chi connectivity index (χ1) is 8.24. The van der Waals surface area contributed by atoms with E-state index >= 15 is 0 Å². The second-order valence-electron chi connectivity index (χ2n) is 5.46. The number of nitrogen functional groups attached to an aromatic ring is 1. The maximum Gasteiger partial charge on any atom is 0.251 e. The first kappa shape index (κ1) is 21.3. The number of hydrogen-bond donors (Lipinski definition) is 2. The number of nitrogens with zero attached hydrogens (tertiary/aromatic N) is 1. The van der Waals surface area contributed by atoms with Gasteiger partial charge in [0.15, 0.2) is 0 Å². The van der Waals surface area contributed by atoms with Gasteiger partial charge in [0, 0.05) is 23.3 Å². The molecule has 3 N–H and O–H groups in total. The minimum atomic E-state index is -0.0795. The highest BCUT2D eigenvalue weighted by molar-refractivity contribution is 5.96. The average molecular weight is 322 g/mol. The molecule has 0 aliphatic rings. The molecule has 0 atom stereocenters. The lowest BCUT2D eigenvalue weighted by atomic mass is 10.0. The van der Waals surface area contributed by atoms with E-state index in [0.717, 1.165) is 5.56 Å². The van der Waals surface area contributed by atoms with Crippen molar-refractivity contribution in [2.75, 3.05) is 26.4 Å². The lowest BCUT2D eigenvalue weighted by Gasteiger charge is -2.32. The van der Waals surface area contributed by atoms with Crippen LogP contribution in [-0.4, -0.2) is 37.0 Å². The molecular weight excluding hydrogens is 297 g/mol. The third-order valence-electron chi connectivity index (χ3n) is 3.40. The Morgan fingerprint density at radius 3 is 2.35 bits per heavy atom. The molecule has 116 valence electrons. The van der Waals surface area contributed by atoms with E-state index in [1.807, 2.05) is 27.1 Å². The summed E-state index contributed by atoms with van der Waals surface area (Å²) in [6.07, 6.45) is 0. The fourth-order valence-electron chi connectivity index (χ4n) is 1.43. The van der Waals surface area contributed by atoms with Gasteiger partial charge in [0.2, 0.25) is 0 Å². The number of amides is 1. The maximum absolute atomic E-state index is 12.1. The maximum atomic E-state index is 12.1. The molecule has 0 heterocycles. The van der Waals surface area contributed by atoms with Crippen molar-refractivity contribution in [2.24, 2.45) is 0 Å². The Labute approximate surface area is 133 Å². The van der Waals surface area contributed by atoms with E-state index in [1.165, 1.54) is 0 Å². The second-order valence-corrected chi connectivity index (χ2v) is 5.46. The van der Waals surface area contributed by atoms with E-state index in [0.29, 0.717) is 17.8 Å². The molecule has 0 unspecified atom stereocenters. The number of carbonyl (C=O) groups excluding carboxylic acids is 1. The normalized spacial score (nSPS) is 10.5. The van der Waals surface area contributed by atoms with Crippen molar-refractivity contribution in [1.29, 1.82) is 0 Å². The molecule has 0 aromatic heterocycles. The van der Waals surface area contributed by atoms with Crippen LogP contribution in [0.4, 0.5) is 5.69 Å². The van der Waals surface area contributed by atoms with Gasteiger partial charge in [0.1, 0.15) is 0 Å². The van der Waals surface area contributed by atoms with Gasteiger partial charge < -0.3 is 16.0 Å². The van der Waals surface area contributed by atoms with Crippen molar-refractivity contribution in [3.63, 3.8) is 0 Å². The van der Waals surface area contributed by atoms with E-state index < -0.39 is 0 Å². The van der Waals surface area contributed by atoms with Gasteiger partial charge in [0.05, 0.1) is 0 Å². The smallest absolute Gasteiger partial charge is 0.251 e. The van der Waals surface area contributed by atoms with Crippen LogP contribution in [0.5, 0.6) is 0 Å². The van der Waals surface area contributed by atoms with Gasteiger partial charge >= 0.3 is 0 Å². The second kappa shape index (κ2) is 8.35. The zero-order valence-corrected chi connectivity index (χ0v) is 14.3. The van der Waals surface area contributed by atoms with E-state index in [-0.39, 0.29) is 36.3 Å². The molecule has 0 aliphatic carbocycles. The Kier molecular flexibility index (Phi) is 8.90. The number of nitrogens with one attached hydrogen (secondary N) is 1. The van der Waals surface area contributed by atoms with Gasteiger partial charge in [-0.25, -0.2) is 0 Å². The molecule has 0 saturated heterocycles. The first-order valence-electron chi connectivity index (χ1n) is 6.06. The van der Waals surface area contributed by atoms with Crippen LogP contribution in [0.3, 0.4) is 0 Å². The summed E-state index contributed by atoms with van der Waals surface area (Å²) < 4.78 is 0. The van der Waals surface area contributed by atoms with Crippen molar-refractivity contribution in [3.05, 3.63) is 29.3 Å². The minimum absolute atomic E-state index is 0. The van der Waals surface area contributed by atoms with Gasteiger partial charge in [-0.15, -0.1) is 24.8 Å². The van der Waals surface area contributed by atoms with Gasteiger partial charge in [-0.2, -0.15) is 0 Å². The number of benzene rings is 1. The van der Waals surface area contributed by atoms with Gasteiger partial charge in [-0.3, -0.25) is 4.79 Å². The predicted molar refractivity (Wildman–Crippen MR) is 90.2 cm³/mol. The molecule has 20 heavy (non-hydrogen) atoms. The quantitative estimate of drug-likeness (QED) is 0.838. The van der Waals surface area contributed by atoms with Gasteiger partial charge in [0.25, 0.3) is 5.91 Å². The highest BCUT2D eigenvalue weighted by Crippen LogP contribution is 2.13. The molecule has 1 aromatic carbocycles. The Balaban J connectivity index is 0. The summed E-state index contributed by atoms with van der Waals surface area (Å²) in [4.78, 5) is 14.2. The van der Waals surface area contributed by atoms with Crippen molar-refractivity contribution in [3.8, 4) is 0 Å². The van der Waals surface area contributed by atoms with Crippen LogP contribution in [0, 0.1) is 6.92 Å². The molecule has 0 bridgehead atoms. The van der Waals surface area contributed by atoms with Crippen LogP contribution >= 0.6 is 24.8 Å². The minimum Gasteiger partial charge on any atom is -0.399 e. The number of hydrogen-bond acceptors (Lipinski definition) is 3. The Morgan fingerprint density at radius 1 is 1.30 bits per heavy atom. The molecule has 1 aromatic rings. The van der Waals surface area contributed by atoms with Crippen LogP contribution in [0.15, 0.2) is 18.2 Å². The van der Waals surface area contributed by atoms with Gasteiger partial charge in [-0.1, -0.05) is 6.07 Å². The Hall–Kier alpha value is -0.970. The lowest BCUT2D eigenvalue weighted by molar-refractivity contribution is 0.0919. The van der Waals surface area contributed by atoms with Crippen molar-refractivity contribution in [1.82, 2.24) is 10.2 Å². The third kappa shape index (κ3) is 5.57. The highest BCUT2D eigenvalue weighted by atomic mass is 35.5. The van der Waals surface area contributed by atoms with E-state index in [4.69, 9.17) is 5.73 Å². The summed E-state index contributed by atoms with van der Waals surface area (Å²) in [6.45, 7) is 6.66. The summed E-state index contributed by atoms with van der Waals surface area (Å²) in [5, 5.41) is 2.95. The van der Waals surface area contributed by atoms with Crippen molar-refractivity contribution in [2.45, 2.75) is 26.3 Å². The molecule has 0 spiro atoms. The molecule has 4 nitrogen and oxygen atoms in total. The molecule has 0 aliphatic heterocycles. The molecule has 0 fully saturated rings.